The van der Waals surface area contributed by atoms with Gasteiger partial charge in [0.2, 0.25) is 6.19 Å². The molecule has 0 saturated carbocycles. The molecule has 0 heterocycles. The lowest BCUT2D eigenvalue weighted by molar-refractivity contribution is 0.0885. The molecule has 0 aliphatic heterocycles. The van der Waals surface area contributed by atoms with Crippen LogP contribution in [0.15, 0.2) is 0 Å². The quantitative estimate of drug-likeness (QED) is 0.189. The third-order valence-electron chi connectivity index (χ3n) is 0.468. The summed E-state index contributed by atoms with van der Waals surface area (Å²) >= 11 is 0. The van der Waals surface area contributed by atoms with E-state index in [1.807, 2.05) is 0 Å². The van der Waals surface area contributed by atoms with Crippen molar-refractivity contribution in [2.75, 3.05) is 0 Å². The lowest BCUT2D eigenvalue weighted by Gasteiger charge is -2.07. The molecule has 5 N–H and O–H groups in total. The molecule has 0 spiro atoms. The third kappa shape index (κ3) is 5.45. The van der Waals surface area contributed by atoms with Gasteiger partial charge in [-0.05, 0) is 0 Å². The van der Waals surface area contributed by atoms with E-state index in [9.17, 15) is 9.36 Å². The second kappa shape index (κ2) is 4.53. The van der Waals surface area contributed by atoms with Crippen LogP contribution in [0, 0.1) is 11.5 Å². The first-order valence-electron chi connectivity index (χ1n) is 2.37. The molecule has 0 saturated heterocycles. The zero-order chi connectivity index (χ0) is 9.61. The Morgan fingerprint density at radius 3 is 2.67 bits per heavy atom. The van der Waals surface area contributed by atoms with Gasteiger partial charge in [0.15, 0.2) is 0 Å². The largest absolute Gasteiger partial charge is 0.515 e. The van der Waals surface area contributed by atoms with Crippen LogP contribution in [0.5, 0.6) is 0 Å². The van der Waals surface area contributed by atoms with E-state index in [0.717, 1.165) is 0 Å². The molecule has 12 heavy (non-hydrogen) atoms. The molecule has 1 unspecified atom stereocenters. The summed E-state index contributed by atoms with van der Waals surface area (Å²) < 4.78 is 18.0. The fourth-order valence-corrected chi connectivity index (χ4v) is 0.598. The number of nitrogens with two attached hydrogens (primary N) is 1. The summed E-state index contributed by atoms with van der Waals surface area (Å²) in [5, 5.41) is 7.82. The van der Waals surface area contributed by atoms with Crippen LogP contribution in [0.1, 0.15) is 0 Å². The van der Waals surface area contributed by atoms with Crippen molar-refractivity contribution >= 4 is 13.9 Å². The molecule has 0 aliphatic rings. The number of urea groups is 1. The fraction of sp³-hybridized carbons (Fsp3) is 0. The van der Waals surface area contributed by atoms with Gasteiger partial charge in [-0.3, -0.25) is 4.89 Å². The van der Waals surface area contributed by atoms with Crippen LogP contribution in [0.3, 0.4) is 0 Å². The van der Waals surface area contributed by atoms with Gasteiger partial charge < -0.3 is 5.73 Å². The lowest BCUT2D eigenvalue weighted by atomic mass is 11.2. The van der Waals surface area contributed by atoms with E-state index < -0.39 is 13.9 Å². The Morgan fingerprint density at radius 2 is 2.25 bits per heavy atom. The Balaban J connectivity index is 3.81. The number of primary amides is 1. The van der Waals surface area contributed by atoms with Gasteiger partial charge in [0.25, 0.3) is 0 Å². The Kier molecular flexibility index (Phi) is 4.03. The number of phosphoric acid groups is 1. The average molecular weight is 196 g/mol. The standard InChI is InChI=1S/C2H5N4O5P/c3-1-5-10-12(8,9)11-6-2(4)7/h5H,(H,8,9)(H3,4,6,7). The molecule has 2 amide bonds. The number of hydrogen-bond donors (Lipinski definition) is 4. The predicted molar refractivity (Wildman–Crippen MR) is 33.5 cm³/mol. The minimum atomic E-state index is -4.51. The summed E-state index contributed by atoms with van der Waals surface area (Å²) in [7, 11) is -4.51. The maximum Gasteiger partial charge on any atom is 0.515 e. The Labute approximate surface area is 66.6 Å². The Bertz CT molecular complexity index is 246. The predicted octanol–water partition coefficient (Wildman–Crippen LogP) is -1.31. The number of carbonyl (C=O) groups excluding carboxylic acids is 1. The van der Waals surface area contributed by atoms with E-state index in [1.165, 1.54) is 17.2 Å². The number of nitrogens with one attached hydrogen (secondary N) is 2. The molecule has 0 aromatic carbocycles. The van der Waals surface area contributed by atoms with Crippen molar-refractivity contribution in [3.63, 3.8) is 0 Å². The van der Waals surface area contributed by atoms with Crippen LogP contribution in [-0.2, 0) is 13.8 Å². The highest BCUT2D eigenvalue weighted by molar-refractivity contribution is 7.47. The first-order valence-corrected chi connectivity index (χ1v) is 3.87. The average Bonchev–Trinajstić information content (AvgIpc) is 1.98. The number of hydroxylamine groups is 2. The number of amides is 2. The summed E-state index contributed by atoms with van der Waals surface area (Å²) in [5.74, 6) is 0. The SMILES string of the molecule is N#CNOP(=O)(O)ONC(N)=O. The maximum atomic E-state index is 10.5. The summed E-state index contributed by atoms with van der Waals surface area (Å²) in [4.78, 5) is 18.5. The lowest BCUT2D eigenvalue weighted by Crippen LogP contribution is -2.29. The first kappa shape index (κ1) is 10.7. The van der Waals surface area contributed by atoms with E-state index in [-0.39, 0.29) is 0 Å². The second-order valence-corrected chi connectivity index (χ2v) is 2.63. The second-order valence-electron chi connectivity index (χ2n) is 1.33. The molecule has 1 atom stereocenters. The van der Waals surface area contributed by atoms with E-state index in [2.05, 4.69) is 15.0 Å². The molecule has 0 aromatic heterocycles. The van der Waals surface area contributed by atoms with Gasteiger partial charge in [-0.15, -0.1) is 0 Å². The van der Waals surface area contributed by atoms with Crippen LogP contribution in [0.4, 0.5) is 4.79 Å². The molecule has 68 valence electrons. The molecule has 0 fully saturated rings. The van der Waals surface area contributed by atoms with Crippen LogP contribution in [-0.4, -0.2) is 10.9 Å². The smallest absolute Gasteiger partial charge is 0.350 e. The highest BCUT2D eigenvalue weighted by Crippen LogP contribution is 2.40. The Morgan fingerprint density at radius 1 is 1.67 bits per heavy atom. The number of hydrogen-bond acceptors (Lipinski definition) is 6. The Hall–Kier alpha value is -1.33. The minimum absolute atomic E-state index is 1.18. The number of carbonyl (C=O) groups is 1. The van der Waals surface area contributed by atoms with Gasteiger partial charge in [0.1, 0.15) is 0 Å². The van der Waals surface area contributed by atoms with Crippen molar-refractivity contribution in [3.05, 3.63) is 0 Å². The minimum Gasteiger partial charge on any atom is -0.350 e. The van der Waals surface area contributed by atoms with Crippen LogP contribution in [0.2, 0.25) is 0 Å². The van der Waals surface area contributed by atoms with Crippen LogP contribution >= 0.6 is 7.82 Å². The van der Waals surface area contributed by atoms with E-state index in [4.69, 9.17) is 10.2 Å². The summed E-state index contributed by atoms with van der Waals surface area (Å²) in [6.07, 6.45) is 1.18. The fourth-order valence-electron chi connectivity index (χ4n) is 0.199. The molecule has 10 heteroatoms. The van der Waals surface area contributed by atoms with Gasteiger partial charge >= 0.3 is 13.9 Å². The van der Waals surface area contributed by atoms with Gasteiger partial charge in [-0.1, -0.05) is 0 Å². The summed E-state index contributed by atoms with van der Waals surface area (Å²) in [6.45, 7) is 0. The van der Waals surface area contributed by atoms with Crippen LogP contribution in [0.25, 0.3) is 0 Å². The molecule has 0 aromatic rings. The third-order valence-corrected chi connectivity index (χ3v) is 1.11. The van der Waals surface area contributed by atoms with Crippen molar-refractivity contribution in [2.45, 2.75) is 0 Å². The monoisotopic (exact) mass is 196 g/mol. The van der Waals surface area contributed by atoms with E-state index in [1.54, 1.807) is 0 Å². The number of nitrogens with zero attached hydrogens (tertiary/aromatic N) is 1. The molecule has 0 bridgehead atoms. The van der Waals surface area contributed by atoms with Crippen molar-refractivity contribution in [1.29, 1.82) is 5.26 Å². The molecule has 9 nitrogen and oxygen atoms in total. The normalized spacial score (nSPS) is 14.0. The van der Waals surface area contributed by atoms with Gasteiger partial charge in [0, 0.05) is 0 Å². The number of nitriles is 1. The maximum absolute atomic E-state index is 10.5. The van der Waals surface area contributed by atoms with Gasteiger partial charge in [-0.25, -0.2) is 14.8 Å². The topological polar surface area (TPSA) is 147 Å². The number of rotatable bonds is 4. The molecular formula is C2H5N4O5P. The highest BCUT2D eigenvalue weighted by atomic mass is 31.2. The van der Waals surface area contributed by atoms with E-state index in [0.29, 0.717) is 0 Å². The zero-order valence-electron chi connectivity index (χ0n) is 5.55. The van der Waals surface area contributed by atoms with Crippen molar-refractivity contribution in [3.8, 4) is 6.19 Å². The van der Waals surface area contributed by atoms with Gasteiger partial charge in [0.05, 0.1) is 0 Å². The zero-order valence-corrected chi connectivity index (χ0v) is 6.45. The van der Waals surface area contributed by atoms with Gasteiger partial charge in [-0.2, -0.15) is 20.0 Å². The molecule has 0 rings (SSSR count). The first-order chi connectivity index (χ1) is 5.48. The van der Waals surface area contributed by atoms with Crippen molar-refractivity contribution in [1.82, 2.24) is 11.0 Å². The summed E-state index contributed by atoms with van der Waals surface area (Å²) in [5.41, 5.74) is 7.21. The van der Waals surface area contributed by atoms with E-state index >= 15 is 0 Å². The summed E-state index contributed by atoms with van der Waals surface area (Å²) in [6, 6.07) is -1.18. The highest BCUT2D eigenvalue weighted by Gasteiger charge is 2.22. The molecule has 0 radical (unpaired) electrons. The van der Waals surface area contributed by atoms with Crippen LogP contribution < -0.4 is 16.7 Å². The van der Waals surface area contributed by atoms with Crippen molar-refractivity contribution < 1.29 is 23.5 Å². The van der Waals surface area contributed by atoms with Crippen molar-refractivity contribution in [2.24, 2.45) is 5.73 Å². The molecule has 0 aliphatic carbocycles. The molecular weight excluding hydrogens is 191 g/mol.